The number of fused-ring (bicyclic) bond motifs is 3. The largest absolute Gasteiger partial charge is 0.316 e. The Morgan fingerprint density at radius 2 is 2.17 bits per heavy atom. The fraction of sp³-hybridized carbons (Fsp3) is 0.308. The van der Waals surface area contributed by atoms with Crippen LogP contribution in [0, 0.1) is 6.92 Å². The van der Waals surface area contributed by atoms with Gasteiger partial charge in [0.1, 0.15) is 5.52 Å². The van der Waals surface area contributed by atoms with Crippen LogP contribution < -0.4 is 5.32 Å². The molecule has 0 spiro atoms. The lowest BCUT2D eigenvalue weighted by Gasteiger charge is -2.00. The molecule has 0 fully saturated rings. The molecule has 2 aromatic heterocycles. The van der Waals surface area contributed by atoms with Crippen molar-refractivity contribution in [1.82, 2.24) is 19.3 Å². The van der Waals surface area contributed by atoms with Gasteiger partial charge >= 0.3 is 0 Å². The molecule has 0 aliphatic carbocycles. The molecule has 4 nitrogen and oxygen atoms in total. The molecule has 3 aromatic rings. The van der Waals surface area contributed by atoms with E-state index in [2.05, 4.69) is 62.5 Å². The normalized spacial score (nSPS) is 11.8. The van der Waals surface area contributed by atoms with Crippen LogP contribution in [0.5, 0.6) is 0 Å². The van der Waals surface area contributed by atoms with E-state index in [1.807, 2.05) is 7.05 Å². The molecule has 2 heterocycles. The van der Waals surface area contributed by atoms with E-state index in [1.165, 1.54) is 11.3 Å². The zero-order chi connectivity index (χ0) is 12.9. The molecule has 1 N–H and O–H groups in total. The zero-order valence-electron chi connectivity index (χ0n) is 10.7. The summed E-state index contributed by atoms with van der Waals surface area (Å²) in [4.78, 5) is 4.71. The highest BCUT2D eigenvalue weighted by Gasteiger charge is 2.13. The summed E-state index contributed by atoms with van der Waals surface area (Å²) in [5, 5.41) is 3.18. The Labute approximate surface area is 114 Å². The number of benzene rings is 1. The molecule has 0 bridgehead atoms. The third kappa shape index (κ3) is 1.58. The van der Waals surface area contributed by atoms with Crippen LogP contribution in [0.1, 0.15) is 11.3 Å². The molecule has 0 amide bonds. The van der Waals surface area contributed by atoms with Gasteiger partial charge in [0, 0.05) is 24.3 Å². The zero-order valence-corrected chi connectivity index (χ0v) is 12.2. The van der Waals surface area contributed by atoms with Crippen molar-refractivity contribution in [3.05, 3.63) is 34.1 Å². The van der Waals surface area contributed by atoms with Crippen molar-refractivity contribution < 1.29 is 0 Å². The SMILES string of the molecule is CNCc1cn2c3cc(C)cc(Br)c3nc2n1C. The number of rotatable bonds is 2. The topological polar surface area (TPSA) is 34.3 Å². The lowest BCUT2D eigenvalue weighted by Crippen LogP contribution is -2.08. The van der Waals surface area contributed by atoms with Crippen LogP contribution in [0.3, 0.4) is 0 Å². The van der Waals surface area contributed by atoms with Crippen LogP contribution in [0.25, 0.3) is 16.8 Å². The minimum Gasteiger partial charge on any atom is -0.316 e. The molecule has 5 heteroatoms. The van der Waals surface area contributed by atoms with Gasteiger partial charge in [-0.15, -0.1) is 0 Å². The van der Waals surface area contributed by atoms with Crippen LogP contribution in [0.2, 0.25) is 0 Å². The fourth-order valence-electron chi connectivity index (χ4n) is 2.35. The van der Waals surface area contributed by atoms with Gasteiger partial charge < -0.3 is 9.88 Å². The van der Waals surface area contributed by atoms with Gasteiger partial charge in [-0.3, -0.25) is 4.40 Å². The molecular formula is C13H15BrN4. The maximum atomic E-state index is 4.71. The number of aryl methyl sites for hydroxylation is 2. The first-order valence-electron chi connectivity index (χ1n) is 5.89. The molecule has 94 valence electrons. The second-order valence-electron chi connectivity index (χ2n) is 4.61. The smallest absolute Gasteiger partial charge is 0.215 e. The highest BCUT2D eigenvalue weighted by Crippen LogP contribution is 2.27. The standard InChI is InChI=1S/C13H15BrN4/c1-8-4-10(14)12-11(5-8)18-7-9(6-15-2)17(3)13(18)16-12/h4-5,7,15H,6H2,1-3H3. The van der Waals surface area contributed by atoms with E-state index >= 15 is 0 Å². The molecule has 0 radical (unpaired) electrons. The molecule has 1 aromatic carbocycles. The van der Waals surface area contributed by atoms with Crippen molar-refractivity contribution in [2.24, 2.45) is 7.05 Å². The second kappa shape index (κ2) is 4.10. The molecule has 0 atom stereocenters. The summed E-state index contributed by atoms with van der Waals surface area (Å²) in [7, 11) is 4.00. The number of nitrogens with one attached hydrogen (secondary N) is 1. The summed E-state index contributed by atoms with van der Waals surface area (Å²) in [5.41, 5.74) is 4.62. The molecule has 0 saturated heterocycles. The minimum atomic E-state index is 0.842. The molecule has 0 unspecified atom stereocenters. The second-order valence-corrected chi connectivity index (χ2v) is 5.46. The average Bonchev–Trinajstić information content (AvgIpc) is 2.80. The summed E-state index contributed by atoms with van der Waals surface area (Å²) in [6, 6.07) is 4.27. The first-order chi connectivity index (χ1) is 8.61. The predicted molar refractivity (Wildman–Crippen MR) is 76.9 cm³/mol. The van der Waals surface area contributed by atoms with Gasteiger partial charge in [-0.25, -0.2) is 4.98 Å². The monoisotopic (exact) mass is 306 g/mol. The molecule has 18 heavy (non-hydrogen) atoms. The van der Waals surface area contributed by atoms with Gasteiger partial charge in [0.15, 0.2) is 0 Å². The van der Waals surface area contributed by atoms with E-state index in [1.54, 1.807) is 0 Å². The maximum Gasteiger partial charge on any atom is 0.215 e. The van der Waals surface area contributed by atoms with E-state index in [0.717, 1.165) is 27.8 Å². The Morgan fingerprint density at radius 3 is 2.89 bits per heavy atom. The molecule has 0 saturated carbocycles. The quantitative estimate of drug-likeness (QED) is 0.790. The number of halogens is 1. The summed E-state index contributed by atoms with van der Waals surface area (Å²) >= 11 is 3.59. The third-order valence-corrected chi connectivity index (χ3v) is 3.85. The van der Waals surface area contributed by atoms with Crippen molar-refractivity contribution in [1.29, 1.82) is 0 Å². The number of aromatic nitrogens is 3. The Morgan fingerprint density at radius 1 is 1.39 bits per heavy atom. The fourth-order valence-corrected chi connectivity index (χ4v) is 3.00. The van der Waals surface area contributed by atoms with Crippen LogP contribution in [-0.2, 0) is 13.6 Å². The van der Waals surface area contributed by atoms with Crippen molar-refractivity contribution >= 4 is 32.7 Å². The lowest BCUT2D eigenvalue weighted by molar-refractivity contribution is 0.742. The van der Waals surface area contributed by atoms with Crippen molar-refractivity contribution in [2.75, 3.05) is 7.05 Å². The van der Waals surface area contributed by atoms with E-state index in [9.17, 15) is 0 Å². The Balaban J connectivity index is 2.38. The number of imidazole rings is 2. The van der Waals surface area contributed by atoms with E-state index < -0.39 is 0 Å². The molecule has 0 aliphatic heterocycles. The molecular weight excluding hydrogens is 292 g/mol. The Hall–Kier alpha value is -1.33. The van der Waals surface area contributed by atoms with Crippen LogP contribution in [0.15, 0.2) is 22.8 Å². The summed E-state index contributed by atoms with van der Waals surface area (Å²) in [6.45, 7) is 2.94. The summed E-state index contributed by atoms with van der Waals surface area (Å²) in [5.74, 6) is 0.974. The molecule has 0 aliphatic rings. The van der Waals surface area contributed by atoms with Crippen LogP contribution >= 0.6 is 15.9 Å². The van der Waals surface area contributed by atoms with Gasteiger partial charge in [0.25, 0.3) is 0 Å². The van der Waals surface area contributed by atoms with Crippen molar-refractivity contribution in [3.63, 3.8) is 0 Å². The van der Waals surface area contributed by atoms with Gasteiger partial charge in [-0.1, -0.05) is 0 Å². The number of hydrogen-bond donors (Lipinski definition) is 1. The Kier molecular flexibility index (Phi) is 2.68. The first-order valence-corrected chi connectivity index (χ1v) is 6.68. The van der Waals surface area contributed by atoms with Crippen LogP contribution in [0.4, 0.5) is 0 Å². The van der Waals surface area contributed by atoms with Gasteiger partial charge in [0.2, 0.25) is 5.78 Å². The van der Waals surface area contributed by atoms with Crippen LogP contribution in [-0.4, -0.2) is 21.0 Å². The average molecular weight is 307 g/mol. The van der Waals surface area contributed by atoms with Gasteiger partial charge in [-0.2, -0.15) is 0 Å². The number of hydrogen-bond acceptors (Lipinski definition) is 2. The minimum absolute atomic E-state index is 0.842. The first kappa shape index (κ1) is 11.7. The third-order valence-electron chi connectivity index (χ3n) is 3.24. The van der Waals surface area contributed by atoms with E-state index in [4.69, 9.17) is 4.98 Å². The highest BCUT2D eigenvalue weighted by atomic mass is 79.9. The van der Waals surface area contributed by atoms with Crippen molar-refractivity contribution in [2.45, 2.75) is 13.5 Å². The summed E-state index contributed by atoms with van der Waals surface area (Å²) in [6.07, 6.45) is 2.15. The molecule has 3 rings (SSSR count). The number of nitrogens with zero attached hydrogens (tertiary/aromatic N) is 3. The van der Waals surface area contributed by atoms with Gasteiger partial charge in [-0.05, 0) is 47.6 Å². The van der Waals surface area contributed by atoms with E-state index in [0.29, 0.717) is 0 Å². The predicted octanol–water partition coefficient (Wildman–Crippen LogP) is 2.62. The van der Waals surface area contributed by atoms with Gasteiger partial charge in [0.05, 0.1) is 11.2 Å². The maximum absolute atomic E-state index is 4.71. The lowest BCUT2D eigenvalue weighted by atomic mass is 10.2. The summed E-state index contributed by atoms with van der Waals surface area (Å²) < 4.78 is 5.33. The van der Waals surface area contributed by atoms with Crippen molar-refractivity contribution in [3.8, 4) is 0 Å². The van der Waals surface area contributed by atoms with E-state index in [-0.39, 0.29) is 0 Å². The Bertz CT molecular complexity index is 738. The highest BCUT2D eigenvalue weighted by molar-refractivity contribution is 9.10.